The maximum atomic E-state index is 13.5. The standard InChI is InChI=1S/C36H45N7O3S/c1-23(36(5,6)7)39-18-24-10-11-28-27(15-24)40-34(41-32(44)31-13-12-30(47-31)29-19-38-22-46-29)43(28)21-25-9-8-14-42(20-25)33(45)26(17-37)16-35(2,3)4/h10-13,15-16,19,22-23,25,39H,8-9,14,18,20-21H2,1-7H3,(H,40,41,44)/b26-16-/t23-,25-/m0/s1. The fourth-order valence-electron chi connectivity index (χ4n) is 5.66. The van der Waals surface area contributed by atoms with Gasteiger partial charge in [-0.25, -0.2) is 4.98 Å². The first kappa shape index (κ1) is 34.1. The van der Waals surface area contributed by atoms with Crippen LogP contribution in [0, 0.1) is 28.1 Å². The average Bonchev–Trinajstić information content (AvgIpc) is 3.78. The molecule has 47 heavy (non-hydrogen) atoms. The summed E-state index contributed by atoms with van der Waals surface area (Å²) in [6.45, 7) is 17.2. The fraction of sp³-hybridized carbons (Fsp3) is 0.472. The number of thiophene rings is 1. The van der Waals surface area contributed by atoms with Crippen LogP contribution in [0.2, 0.25) is 0 Å². The molecule has 1 saturated heterocycles. The van der Waals surface area contributed by atoms with Crippen molar-refractivity contribution >= 4 is 34.2 Å². The second-order valence-electron chi connectivity index (χ2n) is 14.6. The Balaban J connectivity index is 1.46. The number of oxazole rings is 1. The minimum atomic E-state index is -0.353. The lowest BCUT2D eigenvalue weighted by Crippen LogP contribution is -2.42. The lowest BCUT2D eigenvalue weighted by Gasteiger charge is -2.33. The summed E-state index contributed by atoms with van der Waals surface area (Å²) in [7, 11) is 0. The van der Waals surface area contributed by atoms with Crippen LogP contribution in [0.3, 0.4) is 0 Å². The van der Waals surface area contributed by atoms with Crippen molar-refractivity contribution in [3.8, 4) is 16.7 Å². The summed E-state index contributed by atoms with van der Waals surface area (Å²) in [5.74, 6) is 0.139. The molecule has 1 aliphatic rings. The second kappa shape index (κ2) is 13.8. The van der Waals surface area contributed by atoms with E-state index in [2.05, 4.69) is 76.8 Å². The van der Waals surface area contributed by atoms with E-state index in [1.54, 1.807) is 23.2 Å². The van der Waals surface area contributed by atoms with E-state index in [-0.39, 0.29) is 34.1 Å². The van der Waals surface area contributed by atoms with Crippen molar-refractivity contribution in [2.45, 2.75) is 80.4 Å². The molecular formula is C36H45N7O3S. The smallest absolute Gasteiger partial charge is 0.290 e. The molecular weight excluding hydrogens is 611 g/mol. The number of amides is 2. The molecule has 0 saturated carbocycles. The molecule has 1 aliphatic heterocycles. The Kier molecular flexibility index (Phi) is 10.0. The van der Waals surface area contributed by atoms with Gasteiger partial charge in [0.2, 0.25) is 5.62 Å². The van der Waals surface area contributed by atoms with E-state index in [1.165, 1.54) is 17.7 Å². The van der Waals surface area contributed by atoms with Gasteiger partial charge in [-0.05, 0) is 66.3 Å². The van der Waals surface area contributed by atoms with Crippen LogP contribution in [0.4, 0.5) is 0 Å². The molecule has 4 heterocycles. The molecule has 0 radical (unpaired) electrons. The van der Waals surface area contributed by atoms with Gasteiger partial charge >= 0.3 is 0 Å². The zero-order chi connectivity index (χ0) is 33.9. The van der Waals surface area contributed by atoms with Crippen LogP contribution in [0.1, 0.15) is 76.5 Å². The molecule has 2 amide bonds. The summed E-state index contributed by atoms with van der Waals surface area (Å²) in [6.07, 6.45) is 6.49. The molecule has 4 aromatic rings. The Hall–Kier alpha value is -4.27. The van der Waals surface area contributed by atoms with Crippen molar-refractivity contribution in [2.75, 3.05) is 13.1 Å². The zero-order valence-corrected chi connectivity index (χ0v) is 29.2. The molecule has 10 nitrogen and oxygen atoms in total. The Morgan fingerprint density at radius 3 is 2.70 bits per heavy atom. The van der Waals surface area contributed by atoms with Crippen molar-refractivity contribution < 1.29 is 14.0 Å². The number of carbonyl (C=O) groups is 2. The number of aromatic amines is 1. The maximum Gasteiger partial charge on any atom is 0.290 e. The molecule has 0 spiro atoms. The molecule has 1 fully saturated rings. The zero-order valence-electron chi connectivity index (χ0n) is 28.4. The third kappa shape index (κ3) is 8.37. The number of nitrogens with one attached hydrogen (secondary N) is 2. The highest BCUT2D eigenvalue weighted by atomic mass is 32.1. The summed E-state index contributed by atoms with van der Waals surface area (Å²) in [5, 5.41) is 13.4. The van der Waals surface area contributed by atoms with Crippen molar-refractivity contribution in [2.24, 2.45) is 21.7 Å². The van der Waals surface area contributed by atoms with E-state index < -0.39 is 0 Å². The fourth-order valence-corrected chi connectivity index (χ4v) is 6.50. The Labute approximate surface area is 280 Å². The molecule has 5 rings (SSSR count). The number of hydrogen-bond donors (Lipinski definition) is 2. The number of H-pyrrole nitrogens is 1. The molecule has 2 N–H and O–H groups in total. The number of aromatic nitrogens is 3. The summed E-state index contributed by atoms with van der Waals surface area (Å²) in [5.41, 5.74) is 3.44. The van der Waals surface area contributed by atoms with Gasteiger partial charge in [0.25, 0.3) is 11.8 Å². The number of hydrogen-bond acceptors (Lipinski definition) is 7. The van der Waals surface area contributed by atoms with E-state index >= 15 is 0 Å². The van der Waals surface area contributed by atoms with Crippen LogP contribution >= 0.6 is 11.3 Å². The largest absolute Gasteiger partial charge is 0.443 e. The quantitative estimate of drug-likeness (QED) is 0.161. The van der Waals surface area contributed by atoms with Crippen molar-refractivity contribution in [1.29, 1.82) is 5.26 Å². The van der Waals surface area contributed by atoms with E-state index in [1.807, 2.05) is 26.8 Å². The molecule has 248 valence electrons. The van der Waals surface area contributed by atoms with Crippen LogP contribution in [0.25, 0.3) is 21.7 Å². The highest BCUT2D eigenvalue weighted by Gasteiger charge is 2.28. The van der Waals surface area contributed by atoms with E-state index in [0.717, 1.165) is 34.3 Å². The van der Waals surface area contributed by atoms with E-state index in [0.29, 0.717) is 48.5 Å². The van der Waals surface area contributed by atoms with Gasteiger partial charge in [-0.15, -0.1) is 11.3 Å². The number of piperidine rings is 1. The lowest BCUT2D eigenvalue weighted by molar-refractivity contribution is -0.128. The molecule has 2 atom stereocenters. The summed E-state index contributed by atoms with van der Waals surface area (Å²) in [6, 6.07) is 12.3. The Morgan fingerprint density at radius 2 is 2.02 bits per heavy atom. The first-order valence-corrected chi connectivity index (χ1v) is 17.0. The summed E-state index contributed by atoms with van der Waals surface area (Å²) in [4.78, 5) is 41.9. The lowest BCUT2D eigenvalue weighted by atomic mass is 9.88. The molecule has 0 aliphatic carbocycles. The van der Waals surface area contributed by atoms with Gasteiger partial charge in [0, 0.05) is 32.2 Å². The number of fused-ring (bicyclic) bond motifs is 1. The highest BCUT2D eigenvalue weighted by Crippen LogP contribution is 2.29. The maximum absolute atomic E-state index is 13.5. The van der Waals surface area contributed by atoms with Gasteiger partial charge in [0.1, 0.15) is 11.6 Å². The first-order valence-electron chi connectivity index (χ1n) is 16.2. The van der Waals surface area contributed by atoms with Crippen LogP contribution < -0.4 is 10.9 Å². The molecule has 3 aromatic heterocycles. The number of nitriles is 1. The second-order valence-corrected chi connectivity index (χ2v) is 15.7. The topological polar surface area (TPSA) is 132 Å². The number of rotatable bonds is 8. The SMILES string of the molecule is C[C@H](NCc1ccc2c(c1)[nH]/c(=N\C(=O)c1ccc(-c3cnco3)s1)n2C[C@H]1CCCN(C(=O)/C(C#N)=C\C(C)(C)C)C1)C(C)(C)C. The minimum absolute atomic E-state index is 0.115. The highest BCUT2D eigenvalue weighted by molar-refractivity contribution is 7.17. The van der Waals surface area contributed by atoms with Crippen molar-refractivity contribution in [3.63, 3.8) is 0 Å². The third-order valence-electron chi connectivity index (χ3n) is 8.64. The van der Waals surface area contributed by atoms with E-state index in [4.69, 9.17) is 4.42 Å². The van der Waals surface area contributed by atoms with Crippen LogP contribution in [0.15, 0.2) is 64.0 Å². The molecule has 1 aromatic carbocycles. The van der Waals surface area contributed by atoms with E-state index in [9.17, 15) is 14.9 Å². The van der Waals surface area contributed by atoms with Gasteiger partial charge in [0.05, 0.1) is 27.0 Å². The van der Waals surface area contributed by atoms with Crippen molar-refractivity contribution in [1.82, 2.24) is 24.8 Å². The summed E-state index contributed by atoms with van der Waals surface area (Å²) >= 11 is 1.31. The normalized spacial score (nSPS) is 17.2. The van der Waals surface area contributed by atoms with Crippen molar-refractivity contribution in [3.05, 3.63) is 70.6 Å². The average molecular weight is 656 g/mol. The van der Waals surface area contributed by atoms with Crippen LogP contribution in [0.5, 0.6) is 0 Å². The Bertz CT molecular complexity index is 1870. The van der Waals surface area contributed by atoms with Crippen LogP contribution in [-0.2, 0) is 17.9 Å². The Morgan fingerprint density at radius 1 is 1.23 bits per heavy atom. The number of nitrogens with zero attached hydrogens (tertiary/aromatic N) is 5. The molecule has 11 heteroatoms. The summed E-state index contributed by atoms with van der Waals surface area (Å²) < 4.78 is 7.46. The van der Waals surface area contributed by atoms with Gasteiger partial charge in [-0.1, -0.05) is 53.7 Å². The predicted molar refractivity (Wildman–Crippen MR) is 184 cm³/mol. The number of benzene rings is 1. The number of imidazole rings is 1. The van der Waals surface area contributed by atoms with Gasteiger partial charge in [0.15, 0.2) is 12.2 Å². The van der Waals surface area contributed by atoms with Gasteiger partial charge < -0.3 is 24.2 Å². The number of likely N-dealkylation sites (tertiary alicyclic amines) is 1. The predicted octanol–water partition coefficient (Wildman–Crippen LogP) is 6.69. The molecule has 0 bridgehead atoms. The van der Waals surface area contributed by atoms with Gasteiger partial charge in [-0.3, -0.25) is 9.59 Å². The molecule has 0 unspecified atom stereocenters. The minimum Gasteiger partial charge on any atom is -0.443 e. The third-order valence-corrected chi connectivity index (χ3v) is 9.73. The first-order chi connectivity index (χ1) is 22.2. The monoisotopic (exact) mass is 655 g/mol. The number of carbonyl (C=O) groups excluding carboxylic acids is 2. The van der Waals surface area contributed by atoms with Crippen LogP contribution in [-0.4, -0.2) is 50.4 Å². The number of allylic oxidation sites excluding steroid dienone is 1. The van der Waals surface area contributed by atoms with Gasteiger partial charge in [-0.2, -0.15) is 10.3 Å².